The van der Waals surface area contributed by atoms with Crippen LogP contribution in [0.5, 0.6) is 11.5 Å². The second kappa shape index (κ2) is 7.79. The van der Waals surface area contributed by atoms with Crippen LogP contribution in [-0.2, 0) is 16.1 Å². The van der Waals surface area contributed by atoms with Crippen LogP contribution < -0.4 is 20.1 Å². The van der Waals surface area contributed by atoms with Crippen molar-refractivity contribution in [2.24, 2.45) is 0 Å². The van der Waals surface area contributed by atoms with E-state index in [1.165, 1.54) is 9.80 Å². The number of hydrogen-bond donors (Lipinski definition) is 2. The molecule has 2 unspecified atom stereocenters. The van der Waals surface area contributed by atoms with Crippen LogP contribution in [0, 0.1) is 0 Å². The summed E-state index contributed by atoms with van der Waals surface area (Å²) in [5.74, 6) is 0.747. The van der Waals surface area contributed by atoms with E-state index in [9.17, 15) is 14.4 Å². The number of urea groups is 1. The summed E-state index contributed by atoms with van der Waals surface area (Å²) in [5, 5.41) is 6.14. The maximum absolute atomic E-state index is 13.3. The van der Waals surface area contributed by atoms with Crippen molar-refractivity contribution in [1.82, 2.24) is 20.4 Å². The highest BCUT2D eigenvalue weighted by Crippen LogP contribution is 2.33. The van der Waals surface area contributed by atoms with E-state index in [2.05, 4.69) is 10.6 Å². The van der Waals surface area contributed by atoms with Gasteiger partial charge in [0, 0.05) is 5.54 Å². The molecule has 162 valence electrons. The van der Waals surface area contributed by atoms with Crippen LogP contribution in [0.15, 0.2) is 18.2 Å². The molecule has 0 aliphatic carbocycles. The monoisotopic (exact) mass is 416 g/mol. The van der Waals surface area contributed by atoms with Gasteiger partial charge < -0.3 is 25.0 Å². The molecule has 9 heteroatoms. The van der Waals surface area contributed by atoms with Gasteiger partial charge in [-0.2, -0.15) is 0 Å². The lowest BCUT2D eigenvalue weighted by Gasteiger charge is -2.46. The van der Waals surface area contributed by atoms with Crippen molar-refractivity contribution in [3.8, 4) is 11.5 Å². The second-order valence-corrected chi connectivity index (χ2v) is 8.96. The highest BCUT2D eigenvalue weighted by atomic mass is 16.7. The number of amides is 4. The van der Waals surface area contributed by atoms with Crippen LogP contribution in [0.4, 0.5) is 4.79 Å². The molecule has 0 bridgehead atoms. The van der Waals surface area contributed by atoms with Gasteiger partial charge in [-0.15, -0.1) is 0 Å². The summed E-state index contributed by atoms with van der Waals surface area (Å²) in [6.45, 7) is 6.57. The molecular formula is C21H28N4O5. The second-order valence-electron chi connectivity index (χ2n) is 8.96. The number of benzene rings is 1. The number of ether oxygens (including phenoxy) is 2. The third-order valence-electron chi connectivity index (χ3n) is 5.44. The van der Waals surface area contributed by atoms with E-state index in [0.717, 1.165) is 12.0 Å². The number of nitrogens with one attached hydrogen (secondary N) is 2. The summed E-state index contributed by atoms with van der Waals surface area (Å²) in [5.41, 5.74) is 0.358. The molecule has 0 saturated carbocycles. The molecule has 30 heavy (non-hydrogen) atoms. The first-order chi connectivity index (χ1) is 14.2. The lowest BCUT2D eigenvalue weighted by molar-refractivity contribution is -0.139. The first-order valence-corrected chi connectivity index (χ1v) is 10.3. The molecule has 2 fully saturated rings. The predicted molar refractivity (Wildman–Crippen MR) is 108 cm³/mol. The van der Waals surface area contributed by atoms with Crippen LogP contribution >= 0.6 is 0 Å². The topological polar surface area (TPSA) is 100 Å². The Bertz CT molecular complexity index is 865. The average Bonchev–Trinajstić information content (AvgIpc) is 3.15. The lowest BCUT2D eigenvalue weighted by Crippen LogP contribution is -2.70. The van der Waals surface area contributed by atoms with Crippen LogP contribution in [0.3, 0.4) is 0 Å². The van der Waals surface area contributed by atoms with Crippen molar-refractivity contribution in [3.05, 3.63) is 23.8 Å². The summed E-state index contributed by atoms with van der Waals surface area (Å²) < 4.78 is 10.7. The summed E-state index contributed by atoms with van der Waals surface area (Å²) in [7, 11) is 0. The molecule has 0 radical (unpaired) electrons. The quantitative estimate of drug-likeness (QED) is 0.766. The van der Waals surface area contributed by atoms with Crippen molar-refractivity contribution >= 4 is 17.8 Å². The Hall–Kier alpha value is -2.81. The van der Waals surface area contributed by atoms with Gasteiger partial charge >= 0.3 is 6.03 Å². The van der Waals surface area contributed by atoms with E-state index in [-0.39, 0.29) is 37.7 Å². The summed E-state index contributed by atoms with van der Waals surface area (Å²) in [4.78, 5) is 41.7. The molecule has 2 saturated heterocycles. The van der Waals surface area contributed by atoms with Crippen LogP contribution in [0.2, 0.25) is 0 Å². The van der Waals surface area contributed by atoms with Gasteiger partial charge in [0.2, 0.25) is 18.6 Å². The van der Waals surface area contributed by atoms with Gasteiger partial charge in [-0.25, -0.2) is 4.79 Å². The molecule has 2 N–H and O–H groups in total. The summed E-state index contributed by atoms with van der Waals surface area (Å²) >= 11 is 0. The minimum Gasteiger partial charge on any atom is -0.454 e. The Morgan fingerprint density at radius 2 is 2.00 bits per heavy atom. The maximum Gasteiger partial charge on any atom is 0.327 e. The number of nitrogens with zero attached hydrogens (tertiary/aromatic N) is 2. The maximum atomic E-state index is 13.3. The lowest BCUT2D eigenvalue weighted by atomic mass is 9.93. The van der Waals surface area contributed by atoms with Gasteiger partial charge in [0.15, 0.2) is 11.5 Å². The van der Waals surface area contributed by atoms with E-state index in [0.29, 0.717) is 24.5 Å². The zero-order valence-corrected chi connectivity index (χ0v) is 17.6. The van der Waals surface area contributed by atoms with Gasteiger partial charge in [0.25, 0.3) is 0 Å². The summed E-state index contributed by atoms with van der Waals surface area (Å²) in [6, 6.07) is 4.09. The number of hydrogen-bond acceptors (Lipinski definition) is 6. The Kier molecular flexibility index (Phi) is 5.31. The number of carbonyl (C=O) groups excluding carboxylic acids is 3. The van der Waals surface area contributed by atoms with Gasteiger partial charge in [-0.05, 0) is 57.9 Å². The molecule has 3 aliphatic heterocycles. The van der Waals surface area contributed by atoms with Crippen molar-refractivity contribution in [2.45, 2.75) is 57.8 Å². The fraction of sp³-hybridized carbons (Fsp3) is 0.571. The van der Waals surface area contributed by atoms with Crippen molar-refractivity contribution in [1.29, 1.82) is 0 Å². The number of imide groups is 1. The van der Waals surface area contributed by atoms with Crippen molar-refractivity contribution in [3.63, 3.8) is 0 Å². The Morgan fingerprint density at radius 3 is 2.77 bits per heavy atom. The highest BCUT2D eigenvalue weighted by Gasteiger charge is 2.47. The minimum atomic E-state index is -0.507. The Labute approximate surface area is 175 Å². The molecule has 2 atom stereocenters. The molecular weight excluding hydrogens is 388 g/mol. The molecule has 0 aromatic heterocycles. The molecule has 3 heterocycles. The van der Waals surface area contributed by atoms with Gasteiger partial charge in [0.05, 0.1) is 12.6 Å². The van der Waals surface area contributed by atoms with Crippen LogP contribution in [-0.4, -0.2) is 65.2 Å². The fourth-order valence-corrected chi connectivity index (χ4v) is 4.18. The first kappa shape index (κ1) is 20.5. The molecule has 4 rings (SSSR count). The SMILES string of the molecule is CC(C)(C)NC(=O)CN1C(=O)N(Cc2ccc3c(c2)OCO3)C(=O)C2NCCCC21. The molecule has 0 spiro atoms. The first-order valence-electron chi connectivity index (χ1n) is 10.3. The molecule has 4 amide bonds. The highest BCUT2D eigenvalue weighted by molar-refractivity contribution is 6.01. The minimum absolute atomic E-state index is 0.0795. The summed E-state index contributed by atoms with van der Waals surface area (Å²) in [6.07, 6.45) is 1.54. The Balaban J connectivity index is 1.56. The smallest absolute Gasteiger partial charge is 0.327 e. The molecule has 1 aromatic carbocycles. The third kappa shape index (κ3) is 4.07. The number of fused-ring (bicyclic) bond motifs is 2. The van der Waals surface area contributed by atoms with Crippen LogP contribution in [0.1, 0.15) is 39.2 Å². The predicted octanol–water partition coefficient (Wildman–Crippen LogP) is 1.21. The van der Waals surface area contributed by atoms with Crippen molar-refractivity contribution in [2.75, 3.05) is 19.9 Å². The molecule has 1 aromatic rings. The number of carbonyl (C=O) groups is 3. The Morgan fingerprint density at radius 1 is 1.23 bits per heavy atom. The van der Waals surface area contributed by atoms with Crippen molar-refractivity contribution < 1.29 is 23.9 Å². The molecule has 9 nitrogen and oxygen atoms in total. The van der Waals surface area contributed by atoms with E-state index in [1.807, 2.05) is 26.8 Å². The zero-order valence-electron chi connectivity index (χ0n) is 17.6. The van der Waals surface area contributed by atoms with E-state index >= 15 is 0 Å². The van der Waals surface area contributed by atoms with E-state index in [1.54, 1.807) is 12.1 Å². The average molecular weight is 416 g/mol. The third-order valence-corrected chi connectivity index (χ3v) is 5.44. The van der Waals surface area contributed by atoms with Crippen LogP contribution in [0.25, 0.3) is 0 Å². The number of piperidine rings is 1. The zero-order chi connectivity index (χ0) is 21.5. The van der Waals surface area contributed by atoms with Gasteiger partial charge in [0.1, 0.15) is 12.6 Å². The van der Waals surface area contributed by atoms with E-state index in [4.69, 9.17) is 9.47 Å². The normalized spacial score (nSPS) is 23.4. The largest absolute Gasteiger partial charge is 0.454 e. The van der Waals surface area contributed by atoms with Gasteiger partial charge in [-0.1, -0.05) is 6.07 Å². The standard InChI is InChI=1S/C21H28N4O5/c1-21(2,3)23-17(26)11-24-14-5-4-8-22-18(14)19(27)25(20(24)28)10-13-6-7-15-16(9-13)30-12-29-15/h6-7,9,14,18,22H,4-5,8,10-12H2,1-3H3,(H,23,26). The number of rotatable bonds is 4. The van der Waals surface area contributed by atoms with E-state index < -0.39 is 17.6 Å². The fourth-order valence-electron chi connectivity index (χ4n) is 4.18. The van der Waals surface area contributed by atoms with Gasteiger partial charge in [-0.3, -0.25) is 14.5 Å². The molecule has 3 aliphatic rings.